The molecule has 0 saturated heterocycles. The Hall–Kier alpha value is -1.48. The van der Waals surface area contributed by atoms with Gasteiger partial charge in [-0.05, 0) is 42.5 Å². The van der Waals surface area contributed by atoms with Gasteiger partial charge in [0.2, 0.25) is 0 Å². The summed E-state index contributed by atoms with van der Waals surface area (Å²) < 4.78 is 0. The van der Waals surface area contributed by atoms with Crippen molar-refractivity contribution in [1.29, 1.82) is 0 Å². The highest BCUT2D eigenvalue weighted by Gasteiger charge is 2.05. The van der Waals surface area contributed by atoms with Gasteiger partial charge in [0.25, 0.3) is 0 Å². The Balaban J connectivity index is 2.04. The zero-order valence-electron chi connectivity index (χ0n) is 10.3. The van der Waals surface area contributed by atoms with Crippen molar-refractivity contribution < 1.29 is 0 Å². The molecule has 1 aromatic carbocycles. The molecule has 90 valence electrons. The molecule has 3 heteroatoms. The summed E-state index contributed by atoms with van der Waals surface area (Å²) in [6.45, 7) is 3.14. The minimum absolute atomic E-state index is 0.827. The van der Waals surface area contributed by atoms with E-state index in [1.807, 2.05) is 23.5 Å². The Labute approximate surface area is 107 Å². The van der Waals surface area contributed by atoms with Gasteiger partial charge in [-0.1, -0.05) is 12.1 Å². The maximum atomic E-state index is 5.83. The van der Waals surface area contributed by atoms with Gasteiger partial charge in [0.05, 0.1) is 0 Å². The van der Waals surface area contributed by atoms with Crippen LogP contribution in [0.15, 0.2) is 35.7 Å². The predicted octanol–water partition coefficient (Wildman–Crippen LogP) is 3.32. The molecule has 0 atom stereocenters. The van der Waals surface area contributed by atoms with Crippen LogP contribution in [0.5, 0.6) is 0 Å². The average molecular weight is 246 g/mol. The third kappa shape index (κ3) is 3.01. The standard InChI is InChI=1S/C14H18N2S/c1-11-5-6-12(15)10-14(11)16(2)8-7-13-4-3-9-17-13/h3-6,9-10H,7-8,15H2,1-2H3. The number of aryl methyl sites for hydroxylation is 1. The predicted molar refractivity (Wildman–Crippen MR) is 76.9 cm³/mol. The molecular formula is C14H18N2S. The fourth-order valence-corrected chi connectivity index (χ4v) is 2.59. The molecular weight excluding hydrogens is 228 g/mol. The van der Waals surface area contributed by atoms with E-state index in [9.17, 15) is 0 Å². The summed E-state index contributed by atoms with van der Waals surface area (Å²) in [4.78, 5) is 3.70. The van der Waals surface area contributed by atoms with Crippen LogP contribution in [0.2, 0.25) is 0 Å². The molecule has 0 unspecified atom stereocenters. The first-order valence-corrected chi connectivity index (χ1v) is 6.64. The molecule has 0 bridgehead atoms. The summed E-state index contributed by atoms with van der Waals surface area (Å²) in [7, 11) is 2.12. The van der Waals surface area contributed by atoms with Crippen molar-refractivity contribution in [3.05, 3.63) is 46.2 Å². The second-order valence-electron chi connectivity index (χ2n) is 4.30. The van der Waals surface area contributed by atoms with Gasteiger partial charge in [0.1, 0.15) is 0 Å². The largest absolute Gasteiger partial charge is 0.399 e. The van der Waals surface area contributed by atoms with Crippen molar-refractivity contribution in [3.63, 3.8) is 0 Å². The second kappa shape index (κ2) is 5.23. The first kappa shape index (κ1) is 12.0. The van der Waals surface area contributed by atoms with Gasteiger partial charge in [-0.25, -0.2) is 0 Å². The number of rotatable bonds is 4. The third-order valence-electron chi connectivity index (χ3n) is 2.92. The normalized spacial score (nSPS) is 10.5. The van der Waals surface area contributed by atoms with E-state index in [4.69, 9.17) is 5.73 Å². The van der Waals surface area contributed by atoms with E-state index >= 15 is 0 Å². The molecule has 0 aliphatic rings. The zero-order valence-corrected chi connectivity index (χ0v) is 11.1. The lowest BCUT2D eigenvalue weighted by Gasteiger charge is -2.21. The molecule has 0 radical (unpaired) electrons. The van der Waals surface area contributed by atoms with Crippen molar-refractivity contribution in [2.45, 2.75) is 13.3 Å². The summed E-state index contributed by atoms with van der Waals surface area (Å²) in [6.07, 6.45) is 1.09. The average Bonchev–Trinajstić information content (AvgIpc) is 2.82. The van der Waals surface area contributed by atoms with E-state index < -0.39 is 0 Å². The van der Waals surface area contributed by atoms with E-state index in [0.717, 1.165) is 18.7 Å². The Kier molecular flexibility index (Phi) is 3.69. The molecule has 0 amide bonds. The van der Waals surface area contributed by atoms with Crippen molar-refractivity contribution in [3.8, 4) is 0 Å². The van der Waals surface area contributed by atoms with Crippen LogP contribution in [0.1, 0.15) is 10.4 Å². The summed E-state index contributed by atoms with van der Waals surface area (Å²) in [5, 5.41) is 2.13. The van der Waals surface area contributed by atoms with E-state index in [1.54, 1.807) is 0 Å². The monoisotopic (exact) mass is 246 g/mol. The van der Waals surface area contributed by atoms with Crippen molar-refractivity contribution in [2.75, 3.05) is 24.2 Å². The Bertz CT molecular complexity index is 477. The van der Waals surface area contributed by atoms with Gasteiger partial charge in [0, 0.05) is 29.8 Å². The number of benzene rings is 1. The van der Waals surface area contributed by atoms with E-state index in [1.165, 1.54) is 16.1 Å². The summed E-state index contributed by atoms with van der Waals surface area (Å²) in [5.74, 6) is 0. The van der Waals surface area contributed by atoms with Gasteiger partial charge < -0.3 is 10.6 Å². The van der Waals surface area contributed by atoms with Crippen molar-refractivity contribution in [1.82, 2.24) is 0 Å². The molecule has 2 aromatic rings. The molecule has 2 rings (SSSR count). The Morgan fingerprint density at radius 3 is 2.82 bits per heavy atom. The molecule has 0 saturated carbocycles. The minimum Gasteiger partial charge on any atom is -0.399 e. The molecule has 0 aliphatic heterocycles. The molecule has 0 spiro atoms. The van der Waals surface area contributed by atoms with Crippen LogP contribution in [0, 0.1) is 6.92 Å². The highest BCUT2D eigenvalue weighted by molar-refractivity contribution is 7.09. The van der Waals surface area contributed by atoms with Crippen LogP contribution in [0.25, 0.3) is 0 Å². The number of hydrogen-bond donors (Lipinski definition) is 1. The maximum Gasteiger partial charge on any atom is 0.0414 e. The number of anilines is 2. The van der Waals surface area contributed by atoms with E-state index in [2.05, 4.69) is 42.5 Å². The van der Waals surface area contributed by atoms with Crippen LogP contribution in [0.4, 0.5) is 11.4 Å². The van der Waals surface area contributed by atoms with Crippen LogP contribution >= 0.6 is 11.3 Å². The Morgan fingerprint density at radius 1 is 1.29 bits per heavy atom. The summed E-state index contributed by atoms with van der Waals surface area (Å²) in [6, 6.07) is 10.4. The van der Waals surface area contributed by atoms with E-state index in [0.29, 0.717) is 0 Å². The molecule has 0 fully saturated rings. The lowest BCUT2D eigenvalue weighted by molar-refractivity contribution is 0.884. The number of nitrogens with zero attached hydrogens (tertiary/aromatic N) is 1. The van der Waals surface area contributed by atoms with Gasteiger partial charge in [-0.2, -0.15) is 0 Å². The van der Waals surface area contributed by atoms with Crippen molar-refractivity contribution in [2.24, 2.45) is 0 Å². The van der Waals surface area contributed by atoms with Gasteiger partial charge >= 0.3 is 0 Å². The van der Waals surface area contributed by atoms with Crippen LogP contribution in [-0.4, -0.2) is 13.6 Å². The quantitative estimate of drug-likeness (QED) is 0.839. The first-order valence-electron chi connectivity index (χ1n) is 5.76. The smallest absolute Gasteiger partial charge is 0.0414 e. The second-order valence-corrected chi connectivity index (χ2v) is 5.33. The maximum absolute atomic E-state index is 5.83. The van der Waals surface area contributed by atoms with Crippen molar-refractivity contribution >= 4 is 22.7 Å². The number of nitrogens with two attached hydrogens (primary N) is 1. The number of likely N-dealkylation sites (N-methyl/N-ethyl adjacent to an activating group) is 1. The molecule has 2 nitrogen and oxygen atoms in total. The zero-order chi connectivity index (χ0) is 12.3. The Morgan fingerprint density at radius 2 is 2.12 bits per heavy atom. The first-order chi connectivity index (χ1) is 8.16. The van der Waals surface area contributed by atoms with E-state index in [-0.39, 0.29) is 0 Å². The number of hydrogen-bond acceptors (Lipinski definition) is 3. The topological polar surface area (TPSA) is 29.3 Å². The van der Waals surface area contributed by atoms with Crippen LogP contribution < -0.4 is 10.6 Å². The summed E-state index contributed by atoms with van der Waals surface area (Å²) in [5.41, 5.74) is 9.15. The SMILES string of the molecule is Cc1ccc(N)cc1N(C)CCc1cccs1. The fourth-order valence-electron chi connectivity index (χ4n) is 1.89. The van der Waals surface area contributed by atoms with Gasteiger partial charge in [-0.15, -0.1) is 11.3 Å². The molecule has 1 aromatic heterocycles. The third-order valence-corrected chi connectivity index (χ3v) is 3.85. The summed E-state index contributed by atoms with van der Waals surface area (Å²) >= 11 is 1.82. The fraction of sp³-hybridized carbons (Fsp3) is 0.286. The molecule has 0 aliphatic carbocycles. The molecule has 2 N–H and O–H groups in total. The molecule has 17 heavy (non-hydrogen) atoms. The van der Waals surface area contributed by atoms with Gasteiger partial charge in [0.15, 0.2) is 0 Å². The highest BCUT2D eigenvalue weighted by Crippen LogP contribution is 2.22. The van der Waals surface area contributed by atoms with Gasteiger partial charge in [-0.3, -0.25) is 0 Å². The van der Waals surface area contributed by atoms with Crippen LogP contribution in [-0.2, 0) is 6.42 Å². The minimum atomic E-state index is 0.827. The molecule has 1 heterocycles. The number of thiophene rings is 1. The lowest BCUT2D eigenvalue weighted by Crippen LogP contribution is -2.21. The lowest BCUT2D eigenvalue weighted by atomic mass is 10.1. The number of nitrogen functional groups attached to an aromatic ring is 1. The highest BCUT2D eigenvalue weighted by atomic mass is 32.1. The van der Waals surface area contributed by atoms with Crippen LogP contribution in [0.3, 0.4) is 0 Å².